The van der Waals surface area contributed by atoms with Gasteiger partial charge in [0.25, 0.3) is 0 Å². The van der Waals surface area contributed by atoms with Crippen LogP contribution in [-0.2, 0) is 11.3 Å². The Morgan fingerprint density at radius 2 is 2.39 bits per heavy atom. The SMILES string of the molecule is COc1cccc(CN2CCOCC2CBr)c1F. The van der Waals surface area contributed by atoms with Gasteiger partial charge in [-0.05, 0) is 6.07 Å². The second-order valence-electron chi connectivity index (χ2n) is 4.29. The minimum absolute atomic E-state index is 0.264. The predicted octanol–water partition coefficient (Wildman–Crippen LogP) is 2.43. The van der Waals surface area contributed by atoms with E-state index in [4.69, 9.17) is 9.47 Å². The molecule has 0 aromatic heterocycles. The van der Waals surface area contributed by atoms with Crippen molar-refractivity contribution in [1.29, 1.82) is 0 Å². The minimum atomic E-state index is -0.264. The third-order valence-corrected chi connectivity index (χ3v) is 3.91. The van der Waals surface area contributed by atoms with Gasteiger partial charge in [0.05, 0.1) is 20.3 Å². The number of hydrogen-bond acceptors (Lipinski definition) is 3. The zero-order valence-electron chi connectivity index (χ0n) is 10.4. The number of alkyl halides is 1. The summed E-state index contributed by atoms with van der Waals surface area (Å²) in [5, 5.41) is 0.832. The van der Waals surface area contributed by atoms with Crippen molar-refractivity contribution in [1.82, 2.24) is 4.90 Å². The molecule has 0 amide bonds. The lowest BCUT2D eigenvalue weighted by molar-refractivity contribution is -0.00260. The lowest BCUT2D eigenvalue weighted by atomic mass is 10.1. The van der Waals surface area contributed by atoms with E-state index in [0.29, 0.717) is 37.1 Å². The van der Waals surface area contributed by atoms with Crippen LogP contribution < -0.4 is 4.74 Å². The molecule has 0 N–H and O–H groups in total. The number of halogens is 2. The number of hydrogen-bond donors (Lipinski definition) is 0. The number of methoxy groups -OCH3 is 1. The van der Waals surface area contributed by atoms with Crippen LogP contribution in [0.1, 0.15) is 5.56 Å². The van der Waals surface area contributed by atoms with Crippen LogP contribution >= 0.6 is 15.9 Å². The zero-order valence-corrected chi connectivity index (χ0v) is 12.0. The summed E-state index contributed by atoms with van der Waals surface area (Å²) in [5.41, 5.74) is 0.669. The Morgan fingerprint density at radius 1 is 1.56 bits per heavy atom. The van der Waals surface area contributed by atoms with E-state index in [1.54, 1.807) is 12.1 Å². The van der Waals surface area contributed by atoms with Gasteiger partial charge in [0.2, 0.25) is 0 Å². The highest BCUT2D eigenvalue weighted by Crippen LogP contribution is 2.22. The van der Waals surface area contributed by atoms with Gasteiger partial charge >= 0.3 is 0 Å². The zero-order chi connectivity index (χ0) is 13.0. The third kappa shape index (κ3) is 3.02. The summed E-state index contributed by atoms with van der Waals surface area (Å²) in [6.45, 7) is 2.81. The standard InChI is InChI=1S/C13H17BrFNO2/c1-17-12-4-2-3-10(13(12)15)8-16-5-6-18-9-11(16)7-14/h2-4,11H,5-9H2,1H3. The van der Waals surface area contributed by atoms with Crippen molar-refractivity contribution >= 4 is 15.9 Å². The minimum Gasteiger partial charge on any atom is -0.494 e. The Kier molecular flexibility index (Phi) is 4.97. The molecular weight excluding hydrogens is 301 g/mol. The van der Waals surface area contributed by atoms with Gasteiger partial charge in [-0.3, -0.25) is 4.90 Å². The van der Waals surface area contributed by atoms with Crippen molar-refractivity contribution in [3.05, 3.63) is 29.6 Å². The summed E-state index contributed by atoms with van der Waals surface area (Å²) in [6, 6.07) is 5.56. The van der Waals surface area contributed by atoms with Crippen LogP contribution in [0.4, 0.5) is 4.39 Å². The van der Waals surface area contributed by atoms with Crippen LogP contribution in [0.5, 0.6) is 5.75 Å². The molecular formula is C13H17BrFNO2. The van der Waals surface area contributed by atoms with Crippen molar-refractivity contribution in [2.75, 3.05) is 32.2 Å². The fourth-order valence-electron chi connectivity index (χ4n) is 2.09. The van der Waals surface area contributed by atoms with Crippen LogP contribution in [0, 0.1) is 5.82 Å². The lowest BCUT2D eigenvalue weighted by Crippen LogP contribution is -2.45. The molecule has 0 spiro atoms. The summed E-state index contributed by atoms with van der Waals surface area (Å²) >= 11 is 3.47. The van der Waals surface area contributed by atoms with Gasteiger partial charge in [0.15, 0.2) is 11.6 Å². The summed E-state index contributed by atoms with van der Waals surface area (Å²) in [4.78, 5) is 2.23. The Hall–Kier alpha value is -0.650. The van der Waals surface area contributed by atoms with Gasteiger partial charge in [-0.2, -0.15) is 0 Å². The Bertz CT molecular complexity index is 403. The lowest BCUT2D eigenvalue weighted by Gasteiger charge is -2.34. The molecule has 5 heteroatoms. The first-order valence-electron chi connectivity index (χ1n) is 5.95. The molecule has 1 atom stereocenters. The average Bonchev–Trinajstić information content (AvgIpc) is 2.42. The Labute approximate surface area is 115 Å². The quantitative estimate of drug-likeness (QED) is 0.796. The summed E-state index contributed by atoms with van der Waals surface area (Å²) < 4.78 is 24.5. The summed E-state index contributed by atoms with van der Waals surface area (Å²) in [6.07, 6.45) is 0. The highest BCUT2D eigenvalue weighted by atomic mass is 79.9. The number of ether oxygens (including phenoxy) is 2. The van der Waals surface area contributed by atoms with E-state index in [1.807, 2.05) is 6.07 Å². The molecule has 1 aliphatic rings. The maximum atomic E-state index is 14.1. The molecule has 3 nitrogen and oxygen atoms in total. The molecule has 1 saturated heterocycles. The van der Waals surface area contributed by atoms with Gasteiger partial charge in [0, 0.05) is 30.0 Å². The van der Waals surface area contributed by atoms with Crippen LogP contribution in [0.15, 0.2) is 18.2 Å². The number of benzene rings is 1. The topological polar surface area (TPSA) is 21.7 Å². The Balaban J connectivity index is 2.12. The normalized spacial score (nSPS) is 20.9. The summed E-state index contributed by atoms with van der Waals surface area (Å²) in [7, 11) is 1.48. The van der Waals surface area contributed by atoms with E-state index in [-0.39, 0.29) is 5.82 Å². The first kappa shape index (κ1) is 13.8. The van der Waals surface area contributed by atoms with E-state index in [1.165, 1.54) is 7.11 Å². The number of rotatable bonds is 4. The van der Waals surface area contributed by atoms with Gasteiger partial charge in [-0.15, -0.1) is 0 Å². The molecule has 1 fully saturated rings. The van der Waals surface area contributed by atoms with E-state index < -0.39 is 0 Å². The molecule has 1 aliphatic heterocycles. The summed E-state index contributed by atoms with van der Waals surface area (Å²) in [5.74, 6) is 0.0379. The molecule has 18 heavy (non-hydrogen) atoms. The van der Waals surface area contributed by atoms with Crippen LogP contribution in [-0.4, -0.2) is 43.1 Å². The Morgan fingerprint density at radius 3 is 3.11 bits per heavy atom. The van der Waals surface area contributed by atoms with Gasteiger partial charge < -0.3 is 9.47 Å². The monoisotopic (exact) mass is 317 g/mol. The maximum absolute atomic E-state index is 14.1. The van der Waals surface area contributed by atoms with Crippen molar-refractivity contribution in [3.63, 3.8) is 0 Å². The molecule has 1 unspecified atom stereocenters. The van der Waals surface area contributed by atoms with Crippen molar-refractivity contribution in [3.8, 4) is 5.75 Å². The smallest absolute Gasteiger partial charge is 0.169 e. The van der Waals surface area contributed by atoms with Crippen molar-refractivity contribution in [2.24, 2.45) is 0 Å². The van der Waals surface area contributed by atoms with Gasteiger partial charge in [-0.1, -0.05) is 28.1 Å². The molecule has 100 valence electrons. The second-order valence-corrected chi connectivity index (χ2v) is 4.93. The van der Waals surface area contributed by atoms with E-state index in [2.05, 4.69) is 20.8 Å². The van der Waals surface area contributed by atoms with E-state index >= 15 is 0 Å². The number of nitrogens with zero attached hydrogens (tertiary/aromatic N) is 1. The van der Waals surface area contributed by atoms with Crippen LogP contribution in [0.2, 0.25) is 0 Å². The highest BCUT2D eigenvalue weighted by Gasteiger charge is 2.23. The van der Waals surface area contributed by atoms with Gasteiger partial charge in [-0.25, -0.2) is 4.39 Å². The first-order chi connectivity index (χ1) is 8.76. The molecule has 0 radical (unpaired) electrons. The van der Waals surface area contributed by atoms with E-state index in [0.717, 1.165) is 11.9 Å². The fraction of sp³-hybridized carbons (Fsp3) is 0.538. The molecule has 0 saturated carbocycles. The molecule has 1 aromatic carbocycles. The van der Waals surface area contributed by atoms with Crippen LogP contribution in [0.25, 0.3) is 0 Å². The van der Waals surface area contributed by atoms with Crippen molar-refractivity contribution in [2.45, 2.75) is 12.6 Å². The first-order valence-corrected chi connectivity index (χ1v) is 7.07. The third-order valence-electron chi connectivity index (χ3n) is 3.16. The maximum Gasteiger partial charge on any atom is 0.169 e. The predicted molar refractivity (Wildman–Crippen MR) is 71.8 cm³/mol. The van der Waals surface area contributed by atoms with Crippen molar-refractivity contribution < 1.29 is 13.9 Å². The van der Waals surface area contributed by atoms with Crippen LogP contribution in [0.3, 0.4) is 0 Å². The van der Waals surface area contributed by atoms with Gasteiger partial charge in [0.1, 0.15) is 0 Å². The highest BCUT2D eigenvalue weighted by molar-refractivity contribution is 9.09. The fourth-order valence-corrected chi connectivity index (χ4v) is 2.69. The molecule has 1 aromatic rings. The molecule has 0 aliphatic carbocycles. The largest absolute Gasteiger partial charge is 0.494 e. The second kappa shape index (κ2) is 6.50. The molecule has 2 rings (SSSR count). The van der Waals surface area contributed by atoms with E-state index in [9.17, 15) is 4.39 Å². The molecule has 1 heterocycles. The molecule has 0 bridgehead atoms. The number of morpholine rings is 1. The average molecular weight is 318 g/mol.